The van der Waals surface area contributed by atoms with Crippen LogP contribution in [0.15, 0.2) is 0 Å². The Morgan fingerprint density at radius 3 is 2.80 bits per heavy atom. The van der Waals surface area contributed by atoms with E-state index in [1.54, 1.807) is 0 Å². The van der Waals surface area contributed by atoms with Crippen molar-refractivity contribution in [3.63, 3.8) is 0 Å². The first-order valence-electron chi connectivity index (χ1n) is 3.56. The van der Waals surface area contributed by atoms with Crippen LogP contribution in [0.1, 0.15) is 13.3 Å². The molecule has 0 heterocycles. The lowest BCUT2D eigenvalue weighted by Gasteiger charge is -2.06. The molecule has 0 aliphatic rings. The predicted octanol–water partition coefficient (Wildman–Crippen LogP) is 1.35. The zero-order chi connectivity index (χ0) is 7.82. The van der Waals surface area contributed by atoms with Gasteiger partial charge in [-0.2, -0.15) is 11.8 Å². The molecule has 1 N–H and O–H groups in total. The van der Waals surface area contributed by atoms with Crippen molar-refractivity contribution in [3.8, 4) is 12.3 Å². The summed E-state index contributed by atoms with van der Waals surface area (Å²) in [5.41, 5.74) is 0. The Labute approximate surface area is 68.0 Å². The molecule has 0 aromatic rings. The second kappa shape index (κ2) is 6.98. The molecule has 58 valence electrons. The molecular formula is C8H15NS. The van der Waals surface area contributed by atoms with Crippen LogP contribution in [0.2, 0.25) is 0 Å². The first-order valence-corrected chi connectivity index (χ1v) is 4.71. The van der Waals surface area contributed by atoms with Gasteiger partial charge in [-0.3, -0.25) is 0 Å². The maximum Gasteiger partial charge on any atom is 0.0776 e. The zero-order valence-corrected chi connectivity index (χ0v) is 7.50. The van der Waals surface area contributed by atoms with Crippen LogP contribution in [0.25, 0.3) is 0 Å². The lowest BCUT2D eigenvalue weighted by Crippen LogP contribution is -2.25. The van der Waals surface area contributed by atoms with Crippen LogP contribution < -0.4 is 5.32 Å². The van der Waals surface area contributed by atoms with E-state index in [0.29, 0.717) is 0 Å². The molecule has 0 spiro atoms. The van der Waals surface area contributed by atoms with Gasteiger partial charge in [-0.25, -0.2) is 0 Å². The molecule has 10 heavy (non-hydrogen) atoms. The summed E-state index contributed by atoms with van der Waals surface area (Å²) in [7, 11) is 1.90. The monoisotopic (exact) mass is 157 g/mol. The summed E-state index contributed by atoms with van der Waals surface area (Å²) in [5.74, 6) is 4.92. The van der Waals surface area contributed by atoms with Gasteiger partial charge in [0.25, 0.3) is 0 Å². The van der Waals surface area contributed by atoms with Crippen molar-refractivity contribution in [2.45, 2.75) is 19.4 Å². The van der Waals surface area contributed by atoms with Gasteiger partial charge in [0.05, 0.1) is 6.04 Å². The molecule has 0 bridgehead atoms. The summed E-state index contributed by atoms with van der Waals surface area (Å²) in [6.07, 6.45) is 6.47. The largest absolute Gasteiger partial charge is 0.306 e. The molecule has 1 nitrogen and oxygen atoms in total. The fourth-order valence-electron chi connectivity index (χ4n) is 0.560. The van der Waals surface area contributed by atoms with Crippen LogP contribution >= 0.6 is 11.8 Å². The minimum atomic E-state index is 0.247. The molecule has 0 aromatic heterocycles. The Morgan fingerprint density at radius 1 is 1.70 bits per heavy atom. The van der Waals surface area contributed by atoms with Crippen LogP contribution in [0, 0.1) is 12.3 Å². The Bertz CT molecular complexity index is 106. The number of thioether (sulfide) groups is 1. The summed E-state index contributed by atoms with van der Waals surface area (Å²) < 4.78 is 0. The van der Waals surface area contributed by atoms with Crippen molar-refractivity contribution in [2.75, 3.05) is 18.6 Å². The SMILES string of the molecule is C#CC(CSCCC)NC. The maximum atomic E-state index is 5.24. The average molecular weight is 157 g/mol. The zero-order valence-electron chi connectivity index (χ0n) is 6.68. The molecule has 0 saturated carbocycles. The summed E-state index contributed by atoms with van der Waals surface area (Å²) in [6, 6.07) is 0.247. The van der Waals surface area contributed by atoms with Crippen molar-refractivity contribution in [1.82, 2.24) is 5.32 Å². The van der Waals surface area contributed by atoms with Gasteiger partial charge in [0.15, 0.2) is 0 Å². The van der Waals surface area contributed by atoms with Gasteiger partial charge >= 0.3 is 0 Å². The van der Waals surface area contributed by atoms with Gasteiger partial charge in [0.2, 0.25) is 0 Å². The normalized spacial score (nSPS) is 12.5. The number of hydrogen-bond donors (Lipinski definition) is 1. The van der Waals surface area contributed by atoms with Crippen LogP contribution in [-0.4, -0.2) is 24.6 Å². The van der Waals surface area contributed by atoms with E-state index in [1.807, 2.05) is 18.8 Å². The Balaban J connectivity index is 3.20. The minimum Gasteiger partial charge on any atom is -0.306 e. The van der Waals surface area contributed by atoms with Crippen molar-refractivity contribution in [3.05, 3.63) is 0 Å². The average Bonchev–Trinajstić information content (AvgIpc) is 1.99. The molecule has 0 rings (SSSR count). The highest BCUT2D eigenvalue weighted by Gasteiger charge is 1.98. The van der Waals surface area contributed by atoms with E-state index in [-0.39, 0.29) is 6.04 Å². The second-order valence-electron chi connectivity index (χ2n) is 2.08. The molecule has 2 heteroatoms. The van der Waals surface area contributed by atoms with Crippen molar-refractivity contribution < 1.29 is 0 Å². The van der Waals surface area contributed by atoms with Gasteiger partial charge in [-0.15, -0.1) is 6.42 Å². The molecular weight excluding hydrogens is 142 g/mol. The van der Waals surface area contributed by atoms with E-state index < -0.39 is 0 Å². The Kier molecular flexibility index (Phi) is 6.89. The van der Waals surface area contributed by atoms with Gasteiger partial charge < -0.3 is 5.32 Å². The van der Waals surface area contributed by atoms with E-state index in [1.165, 1.54) is 12.2 Å². The van der Waals surface area contributed by atoms with Crippen molar-refractivity contribution in [1.29, 1.82) is 0 Å². The Morgan fingerprint density at radius 2 is 2.40 bits per heavy atom. The lowest BCUT2D eigenvalue weighted by atomic mass is 10.4. The number of terminal acetylenes is 1. The number of nitrogens with one attached hydrogen (secondary N) is 1. The highest BCUT2D eigenvalue weighted by molar-refractivity contribution is 7.99. The molecule has 0 fully saturated rings. The minimum absolute atomic E-state index is 0.247. The highest BCUT2D eigenvalue weighted by Crippen LogP contribution is 2.03. The number of hydrogen-bond acceptors (Lipinski definition) is 2. The first-order chi connectivity index (χ1) is 4.85. The van der Waals surface area contributed by atoms with Gasteiger partial charge in [0, 0.05) is 5.75 Å². The fraction of sp³-hybridized carbons (Fsp3) is 0.750. The molecule has 0 aliphatic heterocycles. The van der Waals surface area contributed by atoms with E-state index in [2.05, 4.69) is 18.2 Å². The van der Waals surface area contributed by atoms with E-state index >= 15 is 0 Å². The van der Waals surface area contributed by atoms with E-state index in [9.17, 15) is 0 Å². The second-order valence-corrected chi connectivity index (χ2v) is 3.23. The predicted molar refractivity (Wildman–Crippen MR) is 49.3 cm³/mol. The van der Waals surface area contributed by atoms with Crippen LogP contribution in [0.4, 0.5) is 0 Å². The quantitative estimate of drug-likeness (QED) is 0.477. The van der Waals surface area contributed by atoms with Crippen molar-refractivity contribution >= 4 is 11.8 Å². The fourth-order valence-corrected chi connectivity index (χ4v) is 1.51. The summed E-state index contributed by atoms with van der Waals surface area (Å²) >= 11 is 1.91. The van der Waals surface area contributed by atoms with Crippen LogP contribution in [0.5, 0.6) is 0 Å². The maximum absolute atomic E-state index is 5.24. The topological polar surface area (TPSA) is 12.0 Å². The van der Waals surface area contributed by atoms with Gasteiger partial charge in [-0.05, 0) is 19.2 Å². The van der Waals surface area contributed by atoms with E-state index in [0.717, 1.165) is 5.75 Å². The van der Waals surface area contributed by atoms with E-state index in [4.69, 9.17) is 6.42 Å². The lowest BCUT2D eigenvalue weighted by molar-refractivity contribution is 0.759. The van der Waals surface area contributed by atoms with Crippen LogP contribution in [0.3, 0.4) is 0 Å². The third-order valence-corrected chi connectivity index (χ3v) is 2.45. The van der Waals surface area contributed by atoms with Gasteiger partial charge in [-0.1, -0.05) is 12.8 Å². The first kappa shape index (κ1) is 9.87. The molecule has 1 unspecified atom stereocenters. The molecule has 1 atom stereocenters. The molecule has 0 aromatic carbocycles. The summed E-state index contributed by atoms with van der Waals surface area (Å²) in [6.45, 7) is 2.18. The molecule has 0 amide bonds. The Hall–Kier alpha value is -0.130. The number of rotatable bonds is 5. The van der Waals surface area contributed by atoms with Crippen LogP contribution in [-0.2, 0) is 0 Å². The van der Waals surface area contributed by atoms with Gasteiger partial charge in [0.1, 0.15) is 0 Å². The third kappa shape index (κ3) is 4.72. The standard InChI is InChI=1S/C8H15NS/c1-4-6-10-7-8(5-2)9-3/h2,8-9H,4,6-7H2,1,3H3. The molecule has 0 radical (unpaired) electrons. The van der Waals surface area contributed by atoms with Crippen molar-refractivity contribution in [2.24, 2.45) is 0 Å². The summed E-state index contributed by atoms with van der Waals surface area (Å²) in [5, 5.41) is 3.05. The highest BCUT2D eigenvalue weighted by atomic mass is 32.2. The smallest absolute Gasteiger partial charge is 0.0776 e. The molecule has 0 saturated heterocycles. The molecule has 0 aliphatic carbocycles. The third-order valence-electron chi connectivity index (χ3n) is 1.18. The summed E-state index contributed by atoms with van der Waals surface area (Å²) in [4.78, 5) is 0.